The van der Waals surface area contributed by atoms with Crippen molar-refractivity contribution in [2.75, 3.05) is 11.9 Å². The zero-order valence-corrected chi connectivity index (χ0v) is 15.9. The first-order valence-corrected chi connectivity index (χ1v) is 9.11. The van der Waals surface area contributed by atoms with E-state index in [0.717, 1.165) is 0 Å². The molecule has 0 unspecified atom stereocenters. The molecule has 8 heteroatoms. The van der Waals surface area contributed by atoms with E-state index in [0.29, 0.717) is 24.5 Å². The van der Waals surface area contributed by atoms with E-state index in [1.54, 1.807) is 30.3 Å². The van der Waals surface area contributed by atoms with Crippen LogP contribution in [-0.4, -0.2) is 16.9 Å². The second-order valence-electron chi connectivity index (χ2n) is 5.98. The molecule has 0 amide bonds. The molecular formula is C19H10Cl3N3O2. The van der Waals surface area contributed by atoms with Gasteiger partial charge in [0.15, 0.2) is 5.78 Å². The summed E-state index contributed by atoms with van der Waals surface area (Å²) in [7, 11) is 0. The molecular weight excluding hydrogens is 409 g/mol. The Morgan fingerprint density at radius 3 is 2.44 bits per heavy atom. The molecule has 0 radical (unpaired) electrons. The minimum absolute atomic E-state index is 0.0225. The lowest BCUT2D eigenvalue weighted by Crippen LogP contribution is -2.22. The van der Waals surface area contributed by atoms with Gasteiger partial charge in [-0.3, -0.25) is 14.2 Å². The molecule has 27 heavy (non-hydrogen) atoms. The lowest BCUT2D eigenvalue weighted by atomic mass is 9.96. The lowest BCUT2D eigenvalue weighted by molar-refractivity contribution is 0.104. The third kappa shape index (κ3) is 2.53. The summed E-state index contributed by atoms with van der Waals surface area (Å²) in [6.45, 7) is 0.854. The zero-order valence-electron chi connectivity index (χ0n) is 13.6. The Kier molecular flexibility index (Phi) is 4.35. The topological polar surface area (TPSA) is 74.9 Å². The summed E-state index contributed by atoms with van der Waals surface area (Å²) >= 11 is 19.0. The number of pyridine rings is 1. The van der Waals surface area contributed by atoms with Crippen LogP contribution in [-0.2, 0) is 6.54 Å². The number of nitrogens with one attached hydrogen (secondary N) is 1. The third-order valence-corrected chi connectivity index (χ3v) is 5.77. The molecule has 1 aliphatic heterocycles. The van der Waals surface area contributed by atoms with Gasteiger partial charge >= 0.3 is 0 Å². The van der Waals surface area contributed by atoms with Crippen molar-refractivity contribution >= 4 is 57.2 Å². The number of carbonyl (C=O) groups excluding carboxylic acids is 1. The fourth-order valence-electron chi connectivity index (χ4n) is 3.32. The van der Waals surface area contributed by atoms with Crippen molar-refractivity contribution in [1.82, 2.24) is 4.57 Å². The van der Waals surface area contributed by atoms with Gasteiger partial charge in [0.2, 0.25) is 0 Å². The van der Waals surface area contributed by atoms with Crippen LogP contribution in [0.1, 0.15) is 21.5 Å². The highest BCUT2D eigenvalue weighted by atomic mass is 35.5. The molecule has 2 heterocycles. The predicted octanol–water partition coefficient (Wildman–Crippen LogP) is 4.49. The first-order chi connectivity index (χ1) is 13.0. The summed E-state index contributed by atoms with van der Waals surface area (Å²) in [6, 6.07) is 10.5. The first kappa shape index (κ1) is 17.9. The normalized spacial score (nSPS) is 12.5. The standard InChI is InChI=1S/C19H10Cl3N3O2/c20-14-10(8-23)15(21)16(22)11-12(14)19(27)25-7-6-24-18(25)13(11)17(26)9-4-2-1-3-5-9/h1-5,24H,6-7H2. The monoisotopic (exact) mass is 417 g/mol. The second-order valence-corrected chi connectivity index (χ2v) is 7.11. The molecule has 0 bridgehead atoms. The summed E-state index contributed by atoms with van der Waals surface area (Å²) in [5, 5.41) is 12.4. The fraction of sp³-hybridized carbons (Fsp3) is 0.105. The van der Waals surface area contributed by atoms with E-state index in [9.17, 15) is 14.9 Å². The van der Waals surface area contributed by atoms with Gasteiger partial charge in [-0.1, -0.05) is 65.1 Å². The van der Waals surface area contributed by atoms with Crippen LogP contribution >= 0.6 is 34.8 Å². The largest absolute Gasteiger partial charge is 0.369 e. The van der Waals surface area contributed by atoms with Crippen LogP contribution < -0.4 is 10.9 Å². The predicted molar refractivity (Wildman–Crippen MR) is 106 cm³/mol. The molecule has 1 aliphatic rings. The molecule has 134 valence electrons. The summed E-state index contributed by atoms with van der Waals surface area (Å²) in [4.78, 5) is 26.3. The maximum atomic E-state index is 13.3. The van der Waals surface area contributed by atoms with Gasteiger partial charge in [0.05, 0.1) is 31.6 Å². The third-order valence-electron chi connectivity index (χ3n) is 4.54. The van der Waals surface area contributed by atoms with Crippen molar-refractivity contribution in [3.8, 4) is 6.07 Å². The van der Waals surface area contributed by atoms with Crippen LogP contribution in [0, 0.1) is 11.3 Å². The molecule has 3 aromatic rings. The summed E-state index contributed by atoms with van der Waals surface area (Å²) in [5.74, 6) is 0.0533. The van der Waals surface area contributed by atoms with Crippen LogP contribution in [0.15, 0.2) is 35.1 Å². The van der Waals surface area contributed by atoms with Gasteiger partial charge in [0.1, 0.15) is 11.9 Å². The number of anilines is 1. The minimum atomic E-state index is -0.422. The highest BCUT2D eigenvalue weighted by molar-refractivity contribution is 6.50. The van der Waals surface area contributed by atoms with Crippen molar-refractivity contribution in [1.29, 1.82) is 5.26 Å². The Labute approximate surface area is 168 Å². The number of rotatable bonds is 2. The highest BCUT2D eigenvalue weighted by Crippen LogP contribution is 2.42. The molecule has 5 nitrogen and oxygen atoms in total. The average Bonchev–Trinajstić information content (AvgIpc) is 3.17. The van der Waals surface area contributed by atoms with Gasteiger partial charge in [-0.05, 0) is 0 Å². The first-order valence-electron chi connectivity index (χ1n) is 7.98. The maximum Gasteiger partial charge on any atom is 0.261 e. The second kappa shape index (κ2) is 6.58. The van der Waals surface area contributed by atoms with Crippen molar-refractivity contribution < 1.29 is 4.79 Å². The molecule has 2 aromatic carbocycles. The molecule has 4 rings (SSSR count). The number of aromatic nitrogens is 1. The number of benzene rings is 2. The molecule has 0 saturated carbocycles. The van der Waals surface area contributed by atoms with E-state index in [1.807, 2.05) is 6.07 Å². The number of ketones is 1. The van der Waals surface area contributed by atoms with E-state index >= 15 is 0 Å². The highest BCUT2D eigenvalue weighted by Gasteiger charge is 2.30. The summed E-state index contributed by atoms with van der Waals surface area (Å²) in [5.41, 5.74) is 0.139. The average molecular weight is 419 g/mol. The Hall–Kier alpha value is -2.52. The van der Waals surface area contributed by atoms with Crippen LogP contribution in [0.25, 0.3) is 10.8 Å². The Morgan fingerprint density at radius 2 is 1.78 bits per heavy atom. The molecule has 1 N–H and O–H groups in total. The van der Waals surface area contributed by atoms with E-state index in [-0.39, 0.29) is 42.8 Å². The molecule has 0 saturated heterocycles. The van der Waals surface area contributed by atoms with Crippen LogP contribution in [0.3, 0.4) is 0 Å². The number of carbonyl (C=O) groups is 1. The minimum Gasteiger partial charge on any atom is -0.369 e. The van der Waals surface area contributed by atoms with Crippen LogP contribution in [0.5, 0.6) is 0 Å². The molecule has 0 aliphatic carbocycles. The van der Waals surface area contributed by atoms with Gasteiger partial charge in [0, 0.05) is 24.0 Å². The Balaban J connectivity index is 2.23. The number of hydrogen-bond acceptors (Lipinski definition) is 4. The van der Waals surface area contributed by atoms with E-state index in [4.69, 9.17) is 34.8 Å². The summed E-state index contributed by atoms with van der Waals surface area (Å²) in [6.07, 6.45) is 0. The molecule has 0 fully saturated rings. The maximum absolute atomic E-state index is 13.3. The number of hydrogen-bond donors (Lipinski definition) is 1. The van der Waals surface area contributed by atoms with Crippen LogP contribution in [0.2, 0.25) is 15.1 Å². The molecule has 1 aromatic heterocycles. The van der Waals surface area contributed by atoms with E-state index < -0.39 is 5.56 Å². The van der Waals surface area contributed by atoms with Crippen molar-refractivity contribution in [2.24, 2.45) is 0 Å². The van der Waals surface area contributed by atoms with Crippen molar-refractivity contribution in [3.63, 3.8) is 0 Å². The Bertz CT molecular complexity index is 1230. The SMILES string of the molecule is N#Cc1c(Cl)c(Cl)c2c(C(=O)c3ccccc3)c3n(c(=O)c2c1Cl)CCN3. The van der Waals surface area contributed by atoms with Crippen molar-refractivity contribution in [2.45, 2.75) is 6.54 Å². The van der Waals surface area contributed by atoms with Gasteiger partial charge < -0.3 is 5.32 Å². The smallest absolute Gasteiger partial charge is 0.261 e. The zero-order chi connectivity index (χ0) is 19.3. The van der Waals surface area contributed by atoms with Gasteiger partial charge in [0.25, 0.3) is 5.56 Å². The number of fused-ring (bicyclic) bond motifs is 2. The van der Waals surface area contributed by atoms with Crippen molar-refractivity contribution in [3.05, 3.63) is 72.4 Å². The quantitative estimate of drug-likeness (QED) is 0.491. The van der Waals surface area contributed by atoms with Gasteiger partial charge in [-0.15, -0.1) is 0 Å². The molecule has 0 atom stereocenters. The lowest BCUT2D eigenvalue weighted by Gasteiger charge is -2.16. The van der Waals surface area contributed by atoms with E-state index in [2.05, 4.69) is 5.32 Å². The number of halogens is 3. The fourth-order valence-corrected chi connectivity index (χ4v) is 4.20. The summed E-state index contributed by atoms with van der Waals surface area (Å²) < 4.78 is 1.44. The Morgan fingerprint density at radius 1 is 1.07 bits per heavy atom. The van der Waals surface area contributed by atoms with Gasteiger partial charge in [-0.25, -0.2) is 0 Å². The molecule has 0 spiro atoms. The van der Waals surface area contributed by atoms with E-state index in [1.165, 1.54) is 4.57 Å². The van der Waals surface area contributed by atoms with Crippen LogP contribution in [0.4, 0.5) is 5.82 Å². The number of nitrogens with zero attached hydrogens (tertiary/aromatic N) is 2. The number of nitriles is 1. The van der Waals surface area contributed by atoms with Gasteiger partial charge in [-0.2, -0.15) is 5.26 Å².